The summed E-state index contributed by atoms with van der Waals surface area (Å²) >= 11 is 0. The Bertz CT molecular complexity index is 436. The van der Waals surface area contributed by atoms with E-state index in [1.165, 1.54) is 0 Å². The fourth-order valence-corrected chi connectivity index (χ4v) is 2.75. The molecular weight excluding hydrogens is 252 g/mol. The Balaban J connectivity index is 2.08. The Morgan fingerprint density at radius 2 is 2.25 bits per heavy atom. The maximum atomic E-state index is 10.2. The molecular formula is C16H26N2O2. The Kier molecular flexibility index (Phi) is 5.26. The van der Waals surface area contributed by atoms with Crippen molar-refractivity contribution in [1.82, 2.24) is 5.32 Å². The molecule has 0 aliphatic carbocycles. The van der Waals surface area contributed by atoms with Crippen LogP contribution in [0.25, 0.3) is 0 Å². The third kappa shape index (κ3) is 3.64. The molecule has 3 N–H and O–H groups in total. The lowest BCUT2D eigenvalue weighted by molar-refractivity contribution is 0.154. The van der Waals surface area contributed by atoms with Gasteiger partial charge in [-0.15, -0.1) is 0 Å². The highest BCUT2D eigenvalue weighted by Crippen LogP contribution is 2.30. The van der Waals surface area contributed by atoms with Gasteiger partial charge in [-0.2, -0.15) is 0 Å². The first-order valence-corrected chi connectivity index (χ1v) is 7.61. The number of hydrogen-bond donors (Lipinski definition) is 3. The molecule has 1 fully saturated rings. The second-order valence-corrected chi connectivity index (χ2v) is 5.66. The maximum Gasteiger partial charge on any atom is 0.122 e. The summed E-state index contributed by atoms with van der Waals surface area (Å²) in [4.78, 5) is 2.14. The Morgan fingerprint density at radius 1 is 1.45 bits per heavy atom. The summed E-state index contributed by atoms with van der Waals surface area (Å²) in [5, 5.41) is 23.3. The van der Waals surface area contributed by atoms with E-state index in [0.29, 0.717) is 12.3 Å². The fraction of sp³-hybridized carbons (Fsp3) is 0.625. The second kappa shape index (κ2) is 6.95. The van der Waals surface area contributed by atoms with E-state index in [4.69, 9.17) is 0 Å². The van der Waals surface area contributed by atoms with Gasteiger partial charge in [0.2, 0.25) is 0 Å². The van der Waals surface area contributed by atoms with Gasteiger partial charge in [-0.05, 0) is 38.8 Å². The summed E-state index contributed by atoms with van der Waals surface area (Å²) in [6.45, 7) is 6.74. The summed E-state index contributed by atoms with van der Waals surface area (Å²) < 4.78 is 0. The van der Waals surface area contributed by atoms with Crippen molar-refractivity contribution in [3.8, 4) is 5.75 Å². The lowest BCUT2D eigenvalue weighted by Gasteiger charge is -2.32. The third-order valence-electron chi connectivity index (χ3n) is 3.94. The van der Waals surface area contributed by atoms with Crippen molar-refractivity contribution in [2.75, 3.05) is 24.5 Å². The van der Waals surface area contributed by atoms with Crippen LogP contribution < -0.4 is 10.2 Å². The normalized spacial score (nSPS) is 20.9. The van der Waals surface area contributed by atoms with Crippen LogP contribution in [0, 0.1) is 0 Å². The standard InChI is InChI=1S/C16H26N2O2/c1-3-8-17-12(2)15-7-6-13(10-16(15)20)18-9-4-5-14(19)11-18/h6-7,10,12,14,17,19-20H,3-5,8-9,11H2,1-2H3. The van der Waals surface area contributed by atoms with E-state index in [-0.39, 0.29) is 12.1 Å². The first-order chi connectivity index (χ1) is 9.61. The molecule has 1 saturated heterocycles. The SMILES string of the molecule is CCCNC(C)c1ccc(N2CCCC(O)C2)cc1O. The number of anilines is 1. The van der Waals surface area contributed by atoms with Crippen LogP contribution in [0.1, 0.15) is 44.7 Å². The van der Waals surface area contributed by atoms with Crippen molar-refractivity contribution < 1.29 is 10.2 Å². The van der Waals surface area contributed by atoms with Gasteiger partial charge < -0.3 is 20.4 Å². The Morgan fingerprint density at radius 3 is 2.90 bits per heavy atom. The molecule has 2 unspecified atom stereocenters. The zero-order valence-electron chi connectivity index (χ0n) is 12.5. The number of hydrogen-bond acceptors (Lipinski definition) is 4. The minimum Gasteiger partial charge on any atom is -0.508 e. The molecule has 1 heterocycles. The number of nitrogens with zero attached hydrogens (tertiary/aromatic N) is 1. The average molecular weight is 278 g/mol. The molecule has 1 aliphatic rings. The van der Waals surface area contributed by atoms with Crippen LogP contribution in [0.15, 0.2) is 18.2 Å². The number of benzene rings is 1. The molecule has 0 spiro atoms. The highest BCUT2D eigenvalue weighted by molar-refractivity contribution is 5.54. The van der Waals surface area contributed by atoms with Crippen LogP contribution in [0.3, 0.4) is 0 Å². The summed E-state index contributed by atoms with van der Waals surface area (Å²) in [6.07, 6.45) is 2.70. The number of rotatable bonds is 5. The van der Waals surface area contributed by atoms with Crippen molar-refractivity contribution in [1.29, 1.82) is 0 Å². The van der Waals surface area contributed by atoms with E-state index < -0.39 is 0 Å². The van der Waals surface area contributed by atoms with E-state index in [9.17, 15) is 10.2 Å². The molecule has 1 aromatic rings. The average Bonchev–Trinajstić information content (AvgIpc) is 2.44. The van der Waals surface area contributed by atoms with Gasteiger partial charge in [-0.3, -0.25) is 0 Å². The quantitative estimate of drug-likeness (QED) is 0.774. The van der Waals surface area contributed by atoms with Gasteiger partial charge >= 0.3 is 0 Å². The van der Waals surface area contributed by atoms with E-state index in [0.717, 1.165) is 43.6 Å². The predicted molar refractivity (Wildman–Crippen MR) is 82.3 cm³/mol. The smallest absolute Gasteiger partial charge is 0.122 e. The summed E-state index contributed by atoms with van der Waals surface area (Å²) in [7, 11) is 0. The van der Waals surface area contributed by atoms with Crippen molar-refractivity contribution in [3.63, 3.8) is 0 Å². The summed E-state index contributed by atoms with van der Waals surface area (Å²) in [5.41, 5.74) is 1.92. The van der Waals surface area contributed by atoms with E-state index >= 15 is 0 Å². The Hall–Kier alpha value is -1.26. The Labute approximate surface area is 121 Å². The van der Waals surface area contributed by atoms with Gasteiger partial charge in [0.25, 0.3) is 0 Å². The van der Waals surface area contributed by atoms with E-state index in [2.05, 4.69) is 24.1 Å². The maximum absolute atomic E-state index is 10.2. The molecule has 4 nitrogen and oxygen atoms in total. The number of aromatic hydroxyl groups is 1. The number of aliphatic hydroxyl groups is 1. The zero-order chi connectivity index (χ0) is 14.5. The first-order valence-electron chi connectivity index (χ1n) is 7.61. The van der Waals surface area contributed by atoms with Crippen molar-refractivity contribution in [2.45, 2.75) is 45.3 Å². The zero-order valence-corrected chi connectivity index (χ0v) is 12.5. The monoisotopic (exact) mass is 278 g/mol. The van der Waals surface area contributed by atoms with Gasteiger partial charge in [0.15, 0.2) is 0 Å². The van der Waals surface area contributed by atoms with Gasteiger partial charge in [-0.25, -0.2) is 0 Å². The molecule has 0 amide bonds. The third-order valence-corrected chi connectivity index (χ3v) is 3.94. The molecule has 1 aliphatic heterocycles. The molecule has 2 rings (SSSR count). The second-order valence-electron chi connectivity index (χ2n) is 5.66. The molecule has 0 saturated carbocycles. The lowest BCUT2D eigenvalue weighted by atomic mass is 10.0. The number of phenolic OH excluding ortho intramolecular Hbond substituents is 1. The predicted octanol–water partition coefficient (Wildman–Crippen LogP) is 2.41. The lowest BCUT2D eigenvalue weighted by Crippen LogP contribution is -2.38. The van der Waals surface area contributed by atoms with Crippen molar-refractivity contribution >= 4 is 5.69 Å². The molecule has 2 atom stereocenters. The number of piperidine rings is 1. The number of nitrogens with one attached hydrogen (secondary N) is 1. The van der Waals surface area contributed by atoms with Gasteiger partial charge in [0.1, 0.15) is 5.75 Å². The first kappa shape index (κ1) is 15.1. The molecule has 0 aromatic heterocycles. The molecule has 112 valence electrons. The van der Waals surface area contributed by atoms with Gasteiger partial charge in [0, 0.05) is 36.4 Å². The van der Waals surface area contributed by atoms with Crippen molar-refractivity contribution in [3.05, 3.63) is 23.8 Å². The van der Waals surface area contributed by atoms with Crippen LogP contribution in [0.5, 0.6) is 5.75 Å². The van der Waals surface area contributed by atoms with Crippen LogP contribution in [0.2, 0.25) is 0 Å². The molecule has 0 bridgehead atoms. The molecule has 1 aromatic carbocycles. The number of phenols is 1. The minimum absolute atomic E-state index is 0.149. The highest BCUT2D eigenvalue weighted by atomic mass is 16.3. The highest BCUT2D eigenvalue weighted by Gasteiger charge is 2.19. The fourth-order valence-electron chi connectivity index (χ4n) is 2.75. The molecule has 0 radical (unpaired) electrons. The van der Waals surface area contributed by atoms with Crippen LogP contribution >= 0.6 is 0 Å². The summed E-state index contributed by atoms with van der Waals surface area (Å²) in [5.74, 6) is 0.332. The molecule has 4 heteroatoms. The minimum atomic E-state index is -0.254. The van der Waals surface area contributed by atoms with Crippen molar-refractivity contribution in [2.24, 2.45) is 0 Å². The number of aliphatic hydroxyl groups excluding tert-OH is 1. The van der Waals surface area contributed by atoms with Crippen LogP contribution in [-0.2, 0) is 0 Å². The summed E-state index contributed by atoms with van der Waals surface area (Å²) in [6, 6.07) is 5.99. The largest absolute Gasteiger partial charge is 0.508 e. The van der Waals surface area contributed by atoms with Crippen LogP contribution in [-0.4, -0.2) is 36.0 Å². The van der Waals surface area contributed by atoms with Gasteiger partial charge in [-0.1, -0.05) is 13.0 Å². The number of β-amino-alcohol motifs (C(OH)–C–C–N with tert-alkyl or cyclic N) is 1. The van der Waals surface area contributed by atoms with E-state index in [1.54, 1.807) is 0 Å². The molecule has 20 heavy (non-hydrogen) atoms. The van der Waals surface area contributed by atoms with E-state index in [1.807, 2.05) is 18.2 Å². The van der Waals surface area contributed by atoms with Crippen LogP contribution in [0.4, 0.5) is 5.69 Å². The topological polar surface area (TPSA) is 55.7 Å². The van der Waals surface area contributed by atoms with Gasteiger partial charge in [0.05, 0.1) is 6.10 Å².